The van der Waals surface area contributed by atoms with Crippen molar-refractivity contribution in [3.63, 3.8) is 0 Å². The van der Waals surface area contributed by atoms with Crippen LogP contribution < -0.4 is 0 Å². The number of hydrogen-bond donors (Lipinski definition) is 0. The molecule has 0 aromatic rings. The van der Waals surface area contributed by atoms with Crippen molar-refractivity contribution in [2.45, 2.75) is 19.3 Å². The zero-order valence-electron chi connectivity index (χ0n) is 15.8. The summed E-state index contributed by atoms with van der Waals surface area (Å²) in [6, 6.07) is 0. The zero-order valence-corrected chi connectivity index (χ0v) is 20.6. The first-order chi connectivity index (χ1) is 12.1. The summed E-state index contributed by atoms with van der Waals surface area (Å²) in [5.74, 6) is 0.535. The van der Waals surface area contributed by atoms with Crippen molar-refractivity contribution in [2.24, 2.45) is 0 Å². The second-order valence-corrected chi connectivity index (χ2v) is 8.26. The lowest BCUT2D eigenvalue weighted by atomic mass is 10.2. The average Bonchev–Trinajstić information content (AvgIpc) is 2.63. The highest BCUT2D eigenvalue weighted by molar-refractivity contribution is 9.09. The number of rotatable bonds is 8. The van der Waals surface area contributed by atoms with Crippen molar-refractivity contribution in [1.29, 1.82) is 0 Å². The molecular weight excluding hydrogens is 523 g/mol. The molecule has 2 aliphatic heterocycles. The SMILES string of the molecule is Cl.Cl.O=C(CCBr)N1CCN(CCCN2CCN(C(=O)CCBr)CC2)CC1. The summed E-state index contributed by atoms with van der Waals surface area (Å²) in [7, 11) is 0. The third kappa shape index (κ3) is 9.63. The molecule has 0 saturated carbocycles. The van der Waals surface area contributed by atoms with Gasteiger partial charge in [0.15, 0.2) is 0 Å². The first kappa shape index (κ1) is 27.4. The number of amides is 2. The van der Waals surface area contributed by atoms with E-state index in [1.165, 1.54) is 0 Å². The number of carbonyl (C=O) groups is 2. The Labute approximate surface area is 192 Å². The highest BCUT2D eigenvalue weighted by Crippen LogP contribution is 2.08. The van der Waals surface area contributed by atoms with Crippen molar-refractivity contribution < 1.29 is 9.59 Å². The van der Waals surface area contributed by atoms with Crippen LogP contribution in [0.1, 0.15) is 19.3 Å². The Balaban J connectivity index is 0.00000338. The van der Waals surface area contributed by atoms with Gasteiger partial charge >= 0.3 is 0 Å². The molecule has 6 nitrogen and oxygen atoms in total. The summed E-state index contributed by atoms with van der Waals surface area (Å²) in [6.45, 7) is 9.60. The maximum absolute atomic E-state index is 11.9. The van der Waals surface area contributed by atoms with Gasteiger partial charge in [-0.25, -0.2) is 0 Å². The standard InChI is InChI=1S/C17H30Br2N4O2.2ClH/c18-4-2-16(24)22-12-8-20(9-13-22)6-1-7-21-10-14-23(15-11-21)17(25)3-5-19;;/h1-15H2;2*1H. The van der Waals surface area contributed by atoms with Crippen LogP contribution >= 0.6 is 56.7 Å². The fourth-order valence-electron chi connectivity index (χ4n) is 3.44. The Morgan fingerprint density at radius 3 is 1.26 bits per heavy atom. The van der Waals surface area contributed by atoms with E-state index in [4.69, 9.17) is 0 Å². The predicted octanol–water partition coefficient (Wildman–Crippen LogP) is 2.08. The van der Waals surface area contributed by atoms with E-state index < -0.39 is 0 Å². The van der Waals surface area contributed by atoms with Crippen LogP contribution in [0.3, 0.4) is 0 Å². The summed E-state index contributed by atoms with van der Waals surface area (Å²) in [6.07, 6.45) is 2.36. The van der Waals surface area contributed by atoms with Crippen LogP contribution in [-0.2, 0) is 9.59 Å². The van der Waals surface area contributed by atoms with E-state index in [1.807, 2.05) is 9.80 Å². The smallest absolute Gasteiger partial charge is 0.223 e. The monoisotopic (exact) mass is 552 g/mol. The van der Waals surface area contributed by atoms with Crippen LogP contribution in [-0.4, -0.2) is 108 Å². The van der Waals surface area contributed by atoms with Gasteiger partial charge in [0.05, 0.1) is 0 Å². The molecule has 2 saturated heterocycles. The van der Waals surface area contributed by atoms with Gasteiger partial charge < -0.3 is 9.80 Å². The van der Waals surface area contributed by atoms with Gasteiger partial charge in [-0.2, -0.15) is 0 Å². The van der Waals surface area contributed by atoms with Gasteiger partial charge in [-0.05, 0) is 19.5 Å². The number of nitrogens with zero attached hydrogens (tertiary/aromatic N) is 4. The number of alkyl halides is 2. The minimum atomic E-state index is 0. The van der Waals surface area contributed by atoms with Crippen molar-refractivity contribution in [3.8, 4) is 0 Å². The van der Waals surface area contributed by atoms with E-state index in [9.17, 15) is 9.59 Å². The molecule has 160 valence electrons. The minimum absolute atomic E-state index is 0. The maximum Gasteiger partial charge on any atom is 0.223 e. The van der Waals surface area contributed by atoms with E-state index >= 15 is 0 Å². The van der Waals surface area contributed by atoms with Crippen molar-refractivity contribution >= 4 is 68.5 Å². The summed E-state index contributed by atoms with van der Waals surface area (Å²) in [5, 5.41) is 1.50. The van der Waals surface area contributed by atoms with E-state index in [2.05, 4.69) is 41.7 Å². The average molecular weight is 555 g/mol. The molecule has 0 N–H and O–H groups in total. The fraction of sp³-hybridized carbons (Fsp3) is 0.882. The molecule has 27 heavy (non-hydrogen) atoms. The Morgan fingerprint density at radius 2 is 0.963 bits per heavy atom. The molecule has 0 radical (unpaired) electrons. The molecule has 0 unspecified atom stereocenters. The molecule has 2 amide bonds. The summed E-state index contributed by atoms with van der Waals surface area (Å²) in [5.41, 5.74) is 0. The van der Waals surface area contributed by atoms with Crippen LogP contribution in [0.15, 0.2) is 0 Å². The molecule has 0 spiro atoms. The molecular formula is C17H32Br2Cl2N4O2. The Hall–Kier alpha value is 0.400. The Morgan fingerprint density at radius 1 is 0.630 bits per heavy atom. The van der Waals surface area contributed by atoms with Crippen molar-refractivity contribution in [1.82, 2.24) is 19.6 Å². The summed E-state index contributed by atoms with van der Waals surface area (Å²) < 4.78 is 0. The highest BCUT2D eigenvalue weighted by atomic mass is 79.9. The van der Waals surface area contributed by atoms with Gasteiger partial charge in [0, 0.05) is 75.9 Å². The van der Waals surface area contributed by atoms with Gasteiger partial charge in [0.1, 0.15) is 0 Å². The molecule has 2 heterocycles. The van der Waals surface area contributed by atoms with E-state index in [1.54, 1.807) is 0 Å². The number of hydrogen-bond acceptors (Lipinski definition) is 4. The van der Waals surface area contributed by atoms with Gasteiger partial charge in [0.2, 0.25) is 11.8 Å². The maximum atomic E-state index is 11.9. The second-order valence-electron chi connectivity index (χ2n) is 6.68. The van der Waals surface area contributed by atoms with Crippen molar-refractivity contribution in [3.05, 3.63) is 0 Å². The van der Waals surface area contributed by atoms with E-state index in [0.717, 1.165) is 82.5 Å². The van der Waals surface area contributed by atoms with Gasteiger partial charge in [-0.1, -0.05) is 31.9 Å². The van der Waals surface area contributed by atoms with Gasteiger partial charge in [0.25, 0.3) is 0 Å². The summed E-state index contributed by atoms with van der Waals surface area (Å²) >= 11 is 6.67. The minimum Gasteiger partial charge on any atom is -0.340 e. The lowest BCUT2D eigenvalue weighted by molar-refractivity contribution is -0.133. The molecule has 10 heteroatoms. The predicted molar refractivity (Wildman–Crippen MR) is 122 cm³/mol. The number of carbonyl (C=O) groups excluding carboxylic acids is 2. The largest absolute Gasteiger partial charge is 0.340 e. The first-order valence-electron chi connectivity index (χ1n) is 9.26. The highest BCUT2D eigenvalue weighted by Gasteiger charge is 2.22. The molecule has 0 aliphatic carbocycles. The normalized spacial score (nSPS) is 18.6. The molecule has 2 fully saturated rings. The third-order valence-electron chi connectivity index (χ3n) is 5.02. The van der Waals surface area contributed by atoms with Crippen LogP contribution in [0.5, 0.6) is 0 Å². The van der Waals surface area contributed by atoms with Gasteiger partial charge in [-0.15, -0.1) is 24.8 Å². The molecule has 0 atom stereocenters. The van der Waals surface area contributed by atoms with Crippen LogP contribution in [0.2, 0.25) is 0 Å². The third-order valence-corrected chi connectivity index (χ3v) is 5.81. The van der Waals surface area contributed by atoms with E-state index in [-0.39, 0.29) is 36.6 Å². The Kier molecular flexibility index (Phi) is 15.5. The number of halogens is 4. The number of piperazine rings is 2. The second kappa shape index (κ2) is 15.3. The molecule has 2 aliphatic rings. The zero-order chi connectivity index (χ0) is 18.1. The topological polar surface area (TPSA) is 47.1 Å². The molecule has 2 rings (SSSR count). The van der Waals surface area contributed by atoms with E-state index in [0.29, 0.717) is 12.8 Å². The lowest BCUT2D eigenvalue weighted by Gasteiger charge is -2.36. The quantitative estimate of drug-likeness (QED) is 0.431. The van der Waals surface area contributed by atoms with Crippen LogP contribution in [0, 0.1) is 0 Å². The van der Waals surface area contributed by atoms with Crippen LogP contribution in [0.25, 0.3) is 0 Å². The Bertz CT molecular complexity index is 395. The lowest BCUT2D eigenvalue weighted by Crippen LogP contribution is -2.50. The first-order valence-corrected chi connectivity index (χ1v) is 11.5. The van der Waals surface area contributed by atoms with Gasteiger partial charge in [-0.3, -0.25) is 19.4 Å². The van der Waals surface area contributed by atoms with Crippen molar-refractivity contribution in [2.75, 3.05) is 76.1 Å². The molecule has 0 aromatic heterocycles. The fourth-order valence-corrected chi connectivity index (χ4v) is 4.12. The summed E-state index contributed by atoms with van der Waals surface area (Å²) in [4.78, 5) is 32.7. The molecule has 0 bridgehead atoms. The molecule has 0 aromatic carbocycles. The van der Waals surface area contributed by atoms with Crippen LogP contribution in [0.4, 0.5) is 0 Å².